The minimum atomic E-state index is -4.33. The van der Waals surface area contributed by atoms with Crippen molar-refractivity contribution in [3.05, 3.63) is 34.1 Å². The zero-order chi connectivity index (χ0) is 14.8. The summed E-state index contributed by atoms with van der Waals surface area (Å²) >= 11 is 3.19. The van der Waals surface area contributed by atoms with E-state index < -0.39 is 24.5 Å². The van der Waals surface area contributed by atoms with Crippen molar-refractivity contribution < 1.29 is 17.6 Å². The third kappa shape index (κ3) is 4.17. The molecule has 0 bridgehead atoms. The third-order valence-electron chi connectivity index (χ3n) is 3.33. The molecule has 0 spiro atoms. The topological polar surface area (TPSA) is 15.3 Å². The van der Waals surface area contributed by atoms with Gasteiger partial charge in [0.05, 0.1) is 6.42 Å². The van der Waals surface area contributed by atoms with Gasteiger partial charge in [0.25, 0.3) is 0 Å². The number of piperazine rings is 1. The molecule has 112 valence electrons. The van der Waals surface area contributed by atoms with Crippen LogP contribution in [0.2, 0.25) is 0 Å². The maximum absolute atomic E-state index is 13.9. The second-order valence-electron chi connectivity index (χ2n) is 4.79. The fourth-order valence-corrected chi connectivity index (χ4v) is 2.80. The normalized spacial score (nSPS) is 19.1. The van der Waals surface area contributed by atoms with E-state index in [9.17, 15) is 17.6 Å². The minimum Gasteiger partial charge on any atom is -0.314 e. The Morgan fingerprint density at radius 3 is 2.50 bits per heavy atom. The SMILES string of the molecule is Fc1ccc(Br)cc1[C@H](CC(F)(F)F)N1CCNCC1. The molecule has 0 aliphatic carbocycles. The maximum atomic E-state index is 13.9. The number of benzene rings is 1. The molecule has 1 aromatic rings. The lowest BCUT2D eigenvalue weighted by Gasteiger charge is -2.35. The third-order valence-corrected chi connectivity index (χ3v) is 3.83. The summed E-state index contributed by atoms with van der Waals surface area (Å²) in [4.78, 5) is 1.69. The Labute approximate surface area is 123 Å². The molecule has 1 saturated heterocycles. The first-order valence-electron chi connectivity index (χ1n) is 6.33. The lowest BCUT2D eigenvalue weighted by Crippen LogP contribution is -2.46. The molecule has 2 rings (SSSR count). The molecular formula is C13H15BrF4N2. The second kappa shape index (κ2) is 6.41. The Kier molecular flexibility index (Phi) is 5.04. The van der Waals surface area contributed by atoms with E-state index in [1.807, 2.05) is 0 Å². The highest BCUT2D eigenvalue weighted by Crippen LogP contribution is 2.36. The molecule has 2 nitrogen and oxygen atoms in total. The van der Waals surface area contributed by atoms with Crippen molar-refractivity contribution in [2.45, 2.75) is 18.6 Å². The predicted molar refractivity (Wildman–Crippen MR) is 72.0 cm³/mol. The predicted octanol–water partition coefficient (Wildman–Crippen LogP) is 3.49. The molecule has 1 atom stereocenters. The summed E-state index contributed by atoms with van der Waals surface area (Å²) in [5.74, 6) is -0.596. The van der Waals surface area contributed by atoms with Crippen LogP contribution in [0.5, 0.6) is 0 Å². The Bertz CT molecular complexity index is 458. The smallest absolute Gasteiger partial charge is 0.314 e. The van der Waals surface area contributed by atoms with Crippen molar-refractivity contribution in [1.29, 1.82) is 0 Å². The molecule has 1 fully saturated rings. The van der Waals surface area contributed by atoms with Crippen molar-refractivity contribution in [3.8, 4) is 0 Å². The van der Waals surface area contributed by atoms with Gasteiger partial charge in [0.2, 0.25) is 0 Å². The molecule has 1 aromatic carbocycles. The summed E-state index contributed by atoms with van der Waals surface area (Å²) in [6.07, 6.45) is -5.37. The Hall–Kier alpha value is -0.660. The zero-order valence-corrected chi connectivity index (χ0v) is 12.3. The standard InChI is InChI=1S/C13H15BrF4N2/c14-9-1-2-11(15)10(7-9)12(8-13(16,17)18)20-5-3-19-4-6-20/h1-2,7,12,19H,3-6,8H2/t12-/m0/s1. The van der Waals surface area contributed by atoms with Gasteiger partial charge < -0.3 is 5.32 Å². The summed E-state index contributed by atoms with van der Waals surface area (Å²) in [5.41, 5.74) is 0.0959. The Morgan fingerprint density at radius 1 is 1.25 bits per heavy atom. The molecule has 1 heterocycles. The van der Waals surface area contributed by atoms with Crippen LogP contribution in [-0.4, -0.2) is 37.3 Å². The van der Waals surface area contributed by atoms with Crippen LogP contribution >= 0.6 is 15.9 Å². The molecule has 0 aromatic heterocycles. The van der Waals surface area contributed by atoms with Crippen LogP contribution in [0.1, 0.15) is 18.0 Å². The van der Waals surface area contributed by atoms with Crippen LogP contribution < -0.4 is 5.32 Å². The van der Waals surface area contributed by atoms with Gasteiger partial charge in [-0.05, 0) is 18.2 Å². The van der Waals surface area contributed by atoms with Gasteiger partial charge in [-0.25, -0.2) is 4.39 Å². The average molecular weight is 355 g/mol. The van der Waals surface area contributed by atoms with Crippen LogP contribution in [-0.2, 0) is 0 Å². The van der Waals surface area contributed by atoms with E-state index in [0.717, 1.165) is 0 Å². The van der Waals surface area contributed by atoms with Gasteiger partial charge in [-0.1, -0.05) is 15.9 Å². The molecule has 1 aliphatic heterocycles. The number of rotatable bonds is 3. The zero-order valence-electron chi connectivity index (χ0n) is 10.7. The Morgan fingerprint density at radius 2 is 1.90 bits per heavy atom. The van der Waals surface area contributed by atoms with Crippen LogP contribution in [0.25, 0.3) is 0 Å². The van der Waals surface area contributed by atoms with Gasteiger partial charge in [-0.3, -0.25) is 4.90 Å². The molecule has 0 amide bonds. The first kappa shape index (κ1) is 15.7. The molecule has 20 heavy (non-hydrogen) atoms. The van der Waals surface area contributed by atoms with Crippen LogP contribution in [0, 0.1) is 5.82 Å². The highest BCUT2D eigenvalue weighted by molar-refractivity contribution is 9.10. The summed E-state index contributed by atoms with van der Waals surface area (Å²) in [6, 6.07) is 3.15. The van der Waals surface area contributed by atoms with E-state index in [4.69, 9.17) is 0 Å². The largest absolute Gasteiger partial charge is 0.390 e. The lowest BCUT2D eigenvalue weighted by atomic mass is 10.0. The van der Waals surface area contributed by atoms with Gasteiger partial charge in [0, 0.05) is 42.3 Å². The molecule has 1 aliphatic rings. The summed E-state index contributed by atoms with van der Waals surface area (Å²) < 4.78 is 52.9. The summed E-state index contributed by atoms with van der Waals surface area (Å²) in [5, 5.41) is 3.08. The van der Waals surface area contributed by atoms with Crippen LogP contribution in [0.3, 0.4) is 0 Å². The number of hydrogen-bond donors (Lipinski definition) is 1. The van der Waals surface area contributed by atoms with Gasteiger partial charge in [-0.2, -0.15) is 13.2 Å². The summed E-state index contributed by atoms with van der Waals surface area (Å²) in [6.45, 7) is 2.19. The first-order valence-corrected chi connectivity index (χ1v) is 7.12. The fourth-order valence-electron chi connectivity index (χ4n) is 2.42. The fraction of sp³-hybridized carbons (Fsp3) is 0.538. The van der Waals surface area contributed by atoms with Crippen molar-refractivity contribution in [2.75, 3.05) is 26.2 Å². The lowest BCUT2D eigenvalue weighted by molar-refractivity contribution is -0.149. The molecular weight excluding hydrogens is 340 g/mol. The van der Waals surface area contributed by atoms with Crippen molar-refractivity contribution >= 4 is 15.9 Å². The van der Waals surface area contributed by atoms with Crippen molar-refractivity contribution in [3.63, 3.8) is 0 Å². The number of alkyl halides is 3. The number of nitrogens with one attached hydrogen (secondary N) is 1. The average Bonchev–Trinajstić information content (AvgIpc) is 2.39. The summed E-state index contributed by atoms with van der Waals surface area (Å²) in [7, 11) is 0. The maximum Gasteiger partial charge on any atom is 0.390 e. The van der Waals surface area contributed by atoms with Crippen LogP contribution in [0.15, 0.2) is 22.7 Å². The van der Waals surface area contributed by atoms with E-state index >= 15 is 0 Å². The van der Waals surface area contributed by atoms with E-state index in [2.05, 4.69) is 21.2 Å². The highest BCUT2D eigenvalue weighted by Gasteiger charge is 2.37. The van der Waals surface area contributed by atoms with Crippen molar-refractivity contribution in [1.82, 2.24) is 10.2 Å². The molecule has 0 unspecified atom stereocenters. The van der Waals surface area contributed by atoms with E-state index in [-0.39, 0.29) is 5.56 Å². The molecule has 7 heteroatoms. The first-order chi connectivity index (χ1) is 9.37. The monoisotopic (exact) mass is 354 g/mol. The number of halogens is 5. The van der Waals surface area contributed by atoms with Gasteiger partial charge in [-0.15, -0.1) is 0 Å². The van der Waals surface area contributed by atoms with Gasteiger partial charge in [0.15, 0.2) is 0 Å². The van der Waals surface area contributed by atoms with E-state index in [0.29, 0.717) is 30.7 Å². The van der Waals surface area contributed by atoms with E-state index in [1.54, 1.807) is 4.90 Å². The van der Waals surface area contributed by atoms with Gasteiger partial charge in [0.1, 0.15) is 5.82 Å². The minimum absolute atomic E-state index is 0.0959. The molecule has 1 N–H and O–H groups in total. The molecule has 0 saturated carbocycles. The van der Waals surface area contributed by atoms with Gasteiger partial charge >= 0.3 is 6.18 Å². The second-order valence-corrected chi connectivity index (χ2v) is 5.70. The number of nitrogens with zero attached hydrogens (tertiary/aromatic N) is 1. The number of hydrogen-bond acceptors (Lipinski definition) is 2. The highest BCUT2D eigenvalue weighted by atomic mass is 79.9. The molecule has 0 radical (unpaired) electrons. The van der Waals surface area contributed by atoms with E-state index in [1.165, 1.54) is 18.2 Å². The van der Waals surface area contributed by atoms with Crippen molar-refractivity contribution in [2.24, 2.45) is 0 Å². The van der Waals surface area contributed by atoms with Crippen LogP contribution in [0.4, 0.5) is 17.6 Å². The quantitative estimate of drug-likeness (QED) is 0.836. The Balaban J connectivity index is 2.31.